The summed E-state index contributed by atoms with van der Waals surface area (Å²) in [6, 6.07) is 18.2. The van der Waals surface area contributed by atoms with Gasteiger partial charge in [-0.3, -0.25) is 9.59 Å². The molecule has 0 radical (unpaired) electrons. The zero-order valence-electron chi connectivity index (χ0n) is 18.4. The molecule has 0 spiro atoms. The highest BCUT2D eigenvalue weighted by Crippen LogP contribution is 2.35. The number of amides is 1. The zero-order valence-corrected chi connectivity index (χ0v) is 18.4. The van der Waals surface area contributed by atoms with Crippen molar-refractivity contribution in [3.63, 3.8) is 0 Å². The van der Waals surface area contributed by atoms with E-state index in [0.29, 0.717) is 28.3 Å². The number of methoxy groups -OCH3 is 3. The average molecular weight is 449 g/mol. The fraction of sp³-hybridized carbons (Fsp3) is 0.160. The third-order valence-electron chi connectivity index (χ3n) is 4.74. The highest BCUT2D eigenvalue weighted by atomic mass is 16.5. The molecule has 33 heavy (non-hydrogen) atoms. The molecule has 3 aromatic carbocycles. The van der Waals surface area contributed by atoms with Gasteiger partial charge in [-0.1, -0.05) is 42.5 Å². The molecule has 0 fully saturated rings. The number of para-hydroxylation sites is 1. The van der Waals surface area contributed by atoms with Crippen LogP contribution in [0.1, 0.15) is 26.3 Å². The minimum absolute atomic E-state index is 0.0719. The fourth-order valence-electron chi connectivity index (χ4n) is 3.12. The van der Waals surface area contributed by atoms with E-state index in [0.717, 1.165) is 0 Å². The van der Waals surface area contributed by atoms with Crippen LogP contribution in [-0.4, -0.2) is 45.6 Å². The van der Waals surface area contributed by atoms with Gasteiger partial charge >= 0.3 is 5.97 Å². The summed E-state index contributed by atoms with van der Waals surface area (Å²) >= 11 is 0. The van der Waals surface area contributed by atoms with Crippen molar-refractivity contribution in [2.45, 2.75) is 0 Å². The molecule has 0 heterocycles. The Morgan fingerprint density at radius 2 is 1.33 bits per heavy atom. The minimum Gasteiger partial charge on any atom is -0.496 e. The smallest absolute Gasteiger partial charge is 0.342 e. The van der Waals surface area contributed by atoms with E-state index in [1.807, 2.05) is 6.07 Å². The number of anilines is 1. The molecule has 3 aromatic rings. The highest BCUT2D eigenvalue weighted by Gasteiger charge is 2.21. The third kappa shape index (κ3) is 5.48. The topological polar surface area (TPSA) is 100 Å². The minimum atomic E-state index is -0.781. The molecular weight excluding hydrogens is 426 g/mol. The Balaban J connectivity index is 1.71. The van der Waals surface area contributed by atoms with Crippen LogP contribution in [-0.2, 0) is 9.53 Å². The van der Waals surface area contributed by atoms with Crippen molar-refractivity contribution in [1.82, 2.24) is 0 Å². The Bertz CT molecular complexity index is 1160. The monoisotopic (exact) mass is 449 g/mol. The van der Waals surface area contributed by atoms with Gasteiger partial charge in [0.15, 0.2) is 23.9 Å². The van der Waals surface area contributed by atoms with Gasteiger partial charge in [-0.2, -0.15) is 0 Å². The maximum atomic E-state index is 12.8. The Hall–Kier alpha value is -4.33. The highest BCUT2D eigenvalue weighted by molar-refractivity contribution is 6.14. The summed E-state index contributed by atoms with van der Waals surface area (Å²) in [5, 5.41) is 2.62. The molecule has 0 atom stereocenters. The number of ketones is 1. The van der Waals surface area contributed by atoms with Gasteiger partial charge in [0, 0.05) is 23.3 Å². The van der Waals surface area contributed by atoms with E-state index in [9.17, 15) is 14.4 Å². The van der Waals surface area contributed by atoms with Gasteiger partial charge < -0.3 is 24.3 Å². The lowest BCUT2D eigenvalue weighted by Crippen LogP contribution is -2.22. The summed E-state index contributed by atoms with van der Waals surface area (Å²) in [6.45, 7) is -0.565. The first-order valence-electron chi connectivity index (χ1n) is 9.94. The van der Waals surface area contributed by atoms with Gasteiger partial charge in [0.25, 0.3) is 5.91 Å². The van der Waals surface area contributed by atoms with E-state index in [1.54, 1.807) is 48.5 Å². The Labute approximate surface area is 191 Å². The lowest BCUT2D eigenvalue weighted by molar-refractivity contribution is -0.119. The van der Waals surface area contributed by atoms with Gasteiger partial charge in [-0.15, -0.1) is 0 Å². The molecule has 0 aromatic heterocycles. The number of benzene rings is 3. The van der Waals surface area contributed by atoms with Crippen LogP contribution in [0.15, 0.2) is 66.7 Å². The summed E-state index contributed by atoms with van der Waals surface area (Å²) in [7, 11) is 4.28. The number of hydrogen-bond donors (Lipinski definition) is 1. The summed E-state index contributed by atoms with van der Waals surface area (Å²) in [5.74, 6) is -0.727. The van der Waals surface area contributed by atoms with Crippen molar-refractivity contribution in [3.05, 3.63) is 83.4 Å². The Morgan fingerprint density at radius 3 is 2.00 bits per heavy atom. The number of esters is 1. The SMILES string of the molecule is COc1cc(OC)c(C(=O)OCC(=O)Nc2ccccc2C(=O)c2ccccc2)cc1OC. The van der Waals surface area contributed by atoms with Crippen LogP contribution in [0.5, 0.6) is 17.2 Å². The van der Waals surface area contributed by atoms with Crippen LogP contribution in [0.4, 0.5) is 5.69 Å². The first-order valence-corrected chi connectivity index (χ1v) is 9.94. The van der Waals surface area contributed by atoms with Crippen LogP contribution in [0.2, 0.25) is 0 Å². The number of ether oxygens (including phenoxy) is 4. The van der Waals surface area contributed by atoms with E-state index in [2.05, 4.69) is 5.32 Å². The summed E-state index contributed by atoms with van der Waals surface area (Å²) in [4.78, 5) is 37.8. The largest absolute Gasteiger partial charge is 0.496 e. The Kier molecular flexibility index (Phi) is 7.64. The lowest BCUT2D eigenvalue weighted by Gasteiger charge is -2.14. The first-order chi connectivity index (χ1) is 16.0. The van der Waals surface area contributed by atoms with Crippen LogP contribution < -0.4 is 19.5 Å². The van der Waals surface area contributed by atoms with E-state index >= 15 is 0 Å². The van der Waals surface area contributed by atoms with Crippen LogP contribution in [0.3, 0.4) is 0 Å². The quantitative estimate of drug-likeness (QED) is 0.392. The average Bonchev–Trinajstić information content (AvgIpc) is 2.86. The molecule has 170 valence electrons. The molecule has 0 unspecified atom stereocenters. The van der Waals surface area contributed by atoms with Crippen molar-refractivity contribution in [2.24, 2.45) is 0 Å². The number of nitrogens with one attached hydrogen (secondary N) is 1. The molecule has 8 nitrogen and oxygen atoms in total. The maximum absolute atomic E-state index is 12.8. The number of carbonyl (C=O) groups excluding carboxylic acids is 3. The van der Waals surface area contributed by atoms with Crippen LogP contribution in [0, 0.1) is 0 Å². The summed E-state index contributed by atoms with van der Waals surface area (Å²) in [5.41, 5.74) is 1.20. The number of carbonyl (C=O) groups is 3. The van der Waals surface area contributed by atoms with Crippen molar-refractivity contribution >= 4 is 23.3 Å². The number of rotatable bonds is 9. The molecule has 3 rings (SSSR count). The van der Waals surface area contributed by atoms with Gasteiger partial charge in [0.2, 0.25) is 0 Å². The fourth-order valence-corrected chi connectivity index (χ4v) is 3.12. The summed E-state index contributed by atoms with van der Waals surface area (Å²) in [6.07, 6.45) is 0. The molecule has 0 aliphatic heterocycles. The first kappa shape index (κ1) is 23.3. The second-order valence-electron chi connectivity index (χ2n) is 6.77. The maximum Gasteiger partial charge on any atom is 0.342 e. The molecule has 0 aliphatic rings. The van der Waals surface area contributed by atoms with Gasteiger partial charge in [-0.05, 0) is 12.1 Å². The zero-order chi connectivity index (χ0) is 23.8. The molecule has 1 amide bonds. The molecule has 0 bridgehead atoms. The second-order valence-corrected chi connectivity index (χ2v) is 6.77. The van der Waals surface area contributed by atoms with Crippen LogP contribution >= 0.6 is 0 Å². The standard InChI is InChI=1S/C25H23NO7/c1-30-20-14-22(32-3)21(31-2)13-18(20)25(29)33-15-23(27)26-19-12-8-7-11-17(19)24(28)16-9-5-4-6-10-16/h4-14H,15H2,1-3H3,(H,26,27). The van der Waals surface area contributed by atoms with Crippen molar-refractivity contribution in [1.29, 1.82) is 0 Å². The molecule has 0 saturated heterocycles. The van der Waals surface area contributed by atoms with Crippen molar-refractivity contribution in [3.8, 4) is 17.2 Å². The van der Waals surface area contributed by atoms with E-state index < -0.39 is 18.5 Å². The van der Waals surface area contributed by atoms with Crippen LogP contribution in [0.25, 0.3) is 0 Å². The normalized spacial score (nSPS) is 10.2. The van der Waals surface area contributed by atoms with E-state index in [4.69, 9.17) is 18.9 Å². The number of hydrogen-bond acceptors (Lipinski definition) is 7. The molecule has 0 aliphatic carbocycles. The third-order valence-corrected chi connectivity index (χ3v) is 4.74. The molecule has 8 heteroatoms. The Morgan fingerprint density at radius 1 is 0.727 bits per heavy atom. The van der Waals surface area contributed by atoms with Gasteiger partial charge in [0.05, 0.1) is 27.0 Å². The lowest BCUT2D eigenvalue weighted by atomic mass is 10.0. The predicted molar refractivity (Wildman–Crippen MR) is 121 cm³/mol. The second kappa shape index (κ2) is 10.8. The predicted octanol–water partition coefficient (Wildman–Crippen LogP) is 3.74. The molecular formula is C25H23NO7. The van der Waals surface area contributed by atoms with Gasteiger partial charge in [0.1, 0.15) is 11.3 Å². The molecule has 1 N–H and O–H groups in total. The summed E-state index contributed by atoms with van der Waals surface area (Å²) < 4.78 is 20.8. The van der Waals surface area contributed by atoms with Gasteiger partial charge in [-0.25, -0.2) is 4.79 Å². The van der Waals surface area contributed by atoms with Crippen molar-refractivity contribution in [2.75, 3.05) is 33.3 Å². The van der Waals surface area contributed by atoms with E-state index in [-0.39, 0.29) is 17.1 Å². The van der Waals surface area contributed by atoms with Crippen molar-refractivity contribution < 1.29 is 33.3 Å². The molecule has 0 saturated carbocycles. The van der Waals surface area contributed by atoms with E-state index in [1.165, 1.54) is 33.5 Å².